The second kappa shape index (κ2) is 6.76. The van der Waals surface area contributed by atoms with E-state index in [0.717, 1.165) is 0 Å². The Labute approximate surface area is 106 Å². The van der Waals surface area contributed by atoms with Gasteiger partial charge in [0.2, 0.25) is 5.91 Å². The van der Waals surface area contributed by atoms with Crippen molar-refractivity contribution in [3.63, 3.8) is 0 Å². The van der Waals surface area contributed by atoms with E-state index in [9.17, 15) is 9.59 Å². The number of nitrogens with two attached hydrogens (primary N) is 1. The van der Waals surface area contributed by atoms with Gasteiger partial charge in [0.1, 0.15) is 0 Å². The second-order valence-corrected chi connectivity index (χ2v) is 3.89. The normalized spacial score (nSPS) is 11.7. The van der Waals surface area contributed by atoms with E-state index in [4.69, 9.17) is 10.5 Å². The summed E-state index contributed by atoms with van der Waals surface area (Å²) in [7, 11) is 0. The second-order valence-electron chi connectivity index (χ2n) is 3.89. The van der Waals surface area contributed by atoms with E-state index >= 15 is 0 Å². The van der Waals surface area contributed by atoms with Crippen molar-refractivity contribution in [1.29, 1.82) is 0 Å². The number of hydrogen-bond donors (Lipinski definition) is 2. The molecule has 0 saturated carbocycles. The summed E-state index contributed by atoms with van der Waals surface area (Å²) in [6.45, 7) is 4.01. The summed E-state index contributed by atoms with van der Waals surface area (Å²) in [4.78, 5) is 23.4. The Hall–Kier alpha value is -1.88. The lowest BCUT2D eigenvalue weighted by atomic mass is 10.1. The van der Waals surface area contributed by atoms with Crippen LogP contribution < -0.4 is 11.1 Å². The predicted molar refractivity (Wildman–Crippen MR) is 69.2 cm³/mol. The Morgan fingerprint density at radius 3 is 2.67 bits per heavy atom. The van der Waals surface area contributed by atoms with Crippen LogP contribution in [0.1, 0.15) is 24.2 Å². The zero-order chi connectivity index (χ0) is 13.5. The highest BCUT2D eigenvalue weighted by atomic mass is 16.5. The van der Waals surface area contributed by atoms with Gasteiger partial charge in [-0.1, -0.05) is 19.1 Å². The Kier molecular flexibility index (Phi) is 5.32. The van der Waals surface area contributed by atoms with Crippen molar-refractivity contribution >= 4 is 17.6 Å². The molecular formula is C13H18N2O3. The van der Waals surface area contributed by atoms with Crippen LogP contribution in [0.3, 0.4) is 0 Å². The Morgan fingerprint density at radius 2 is 2.06 bits per heavy atom. The average molecular weight is 250 g/mol. The van der Waals surface area contributed by atoms with Crippen LogP contribution in [0.25, 0.3) is 0 Å². The van der Waals surface area contributed by atoms with Gasteiger partial charge in [0.15, 0.2) is 0 Å². The lowest BCUT2D eigenvalue weighted by Crippen LogP contribution is -2.27. The number of hydrogen-bond acceptors (Lipinski definition) is 4. The largest absolute Gasteiger partial charge is 0.462 e. The first-order valence-corrected chi connectivity index (χ1v) is 5.87. The number of carbonyl (C=O) groups excluding carboxylic acids is 2. The van der Waals surface area contributed by atoms with E-state index < -0.39 is 5.97 Å². The molecule has 98 valence electrons. The summed E-state index contributed by atoms with van der Waals surface area (Å²) in [5, 5.41) is 2.68. The Morgan fingerprint density at radius 1 is 1.39 bits per heavy atom. The number of rotatable bonds is 5. The number of esters is 1. The van der Waals surface area contributed by atoms with Crippen molar-refractivity contribution in [3.05, 3.63) is 29.8 Å². The topological polar surface area (TPSA) is 81.4 Å². The third kappa shape index (κ3) is 3.56. The van der Waals surface area contributed by atoms with E-state index in [1.807, 2.05) is 0 Å². The maximum Gasteiger partial charge on any atom is 0.340 e. The van der Waals surface area contributed by atoms with Gasteiger partial charge in [-0.05, 0) is 19.1 Å². The van der Waals surface area contributed by atoms with Gasteiger partial charge >= 0.3 is 5.97 Å². The maximum atomic E-state index is 11.7. The first-order valence-electron chi connectivity index (χ1n) is 5.87. The van der Waals surface area contributed by atoms with E-state index in [-0.39, 0.29) is 18.4 Å². The number of nitrogens with one attached hydrogen (secondary N) is 1. The molecule has 0 fully saturated rings. The van der Waals surface area contributed by atoms with Gasteiger partial charge in [-0.25, -0.2) is 4.79 Å². The summed E-state index contributed by atoms with van der Waals surface area (Å²) in [6, 6.07) is 6.73. The highest BCUT2D eigenvalue weighted by molar-refractivity contribution is 6.01. The number of anilines is 1. The quantitative estimate of drug-likeness (QED) is 0.774. The fraction of sp³-hybridized carbons (Fsp3) is 0.385. The predicted octanol–water partition coefficient (Wildman–Crippen LogP) is 1.40. The molecule has 1 aromatic rings. The van der Waals surface area contributed by atoms with Crippen molar-refractivity contribution in [2.45, 2.75) is 13.8 Å². The van der Waals surface area contributed by atoms with E-state index in [1.165, 1.54) is 0 Å². The molecule has 0 aliphatic rings. The van der Waals surface area contributed by atoms with Crippen molar-refractivity contribution in [1.82, 2.24) is 0 Å². The van der Waals surface area contributed by atoms with Crippen LogP contribution in [0.15, 0.2) is 24.3 Å². The molecule has 0 aliphatic heterocycles. The lowest BCUT2D eigenvalue weighted by molar-refractivity contribution is -0.119. The van der Waals surface area contributed by atoms with Crippen molar-refractivity contribution < 1.29 is 14.3 Å². The Bertz CT molecular complexity index is 432. The SMILES string of the molecule is CCOC(=O)c1ccccc1NC(=O)C(C)CN. The number of amides is 1. The molecule has 18 heavy (non-hydrogen) atoms. The first-order chi connectivity index (χ1) is 8.60. The third-order valence-corrected chi connectivity index (χ3v) is 2.48. The molecule has 5 heteroatoms. The molecule has 0 saturated heterocycles. The van der Waals surface area contributed by atoms with Crippen LogP contribution in [0.5, 0.6) is 0 Å². The van der Waals surface area contributed by atoms with Gasteiger partial charge < -0.3 is 15.8 Å². The molecule has 1 rings (SSSR count). The van der Waals surface area contributed by atoms with E-state index in [1.54, 1.807) is 38.1 Å². The molecule has 1 unspecified atom stereocenters. The molecule has 0 spiro atoms. The van der Waals surface area contributed by atoms with Crippen molar-refractivity contribution in [2.75, 3.05) is 18.5 Å². The molecule has 0 aliphatic carbocycles. The minimum Gasteiger partial charge on any atom is -0.462 e. The fourth-order valence-corrected chi connectivity index (χ4v) is 1.34. The van der Waals surface area contributed by atoms with Crippen LogP contribution in [0.4, 0.5) is 5.69 Å². The Balaban J connectivity index is 2.89. The molecule has 0 bridgehead atoms. The highest BCUT2D eigenvalue weighted by Gasteiger charge is 2.16. The van der Waals surface area contributed by atoms with E-state index in [2.05, 4.69) is 5.32 Å². The van der Waals surface area contributed by atoms with Crippen LogP contribution in [-0.4, -0.2) is 25.0 Å². The molecule has 0 heterocycles. The number of benzene rings is 1. The van der Waals surface area contributed by atoms with Crippen LogP contribution >= 0.6 is 0 Å². The minimum atomic E-state index is -0.450. The number of carbonyl (C=O) groups is 2. The monoisotopic (exact) mass is 250 g/mol. The summed E-state index contributed by atoms with van der Waals surface area (Å²) >= 11 is 0. The lowest BCUT2D eigenvalue weighted by Gasteiger charge is -2.12. The van der Waals surface area contributed by atoms with Crippen LogP contribution in [-0.2, 0) is 9.53 Å². The van der Waals surface area contributed by atoms with Gasteiger partial charge in [-0.15, -0.1) is 0 Å². The molecule has 0 aromatic heterocycles. The summed E-state index contributed by atoms with van der Waals surface area (Å²) in [5.41, 5.74) is 6.21. The van der Waals surface area contributed by atoms with Gasteiger partial charge in [0, 0.05) is 12.5 Å². The van der Waals surface area contributed by atoms with Crippen molar-refractivity contribution in [2.24, 2.45) is 11.7 Å². The summed E-state index contributed by atoms with van der Waals surface area (Å²) in [5.74, 6) is -0.969. The standard InChI is InChI=1S/C13H18N2O3/c1-3-18-13(17)10-6-4-5-7-11(10)15-12(16)9(2)8-14/h4-7,9H,3,8,14H2,1-2H3,(H,15,16). The number of ether oxygens (including phenoxy) is 1. The molecule has 3 N–H and O–H groups in total. The van der Waals surface area contributed by atoms with Gasteiger partial charge in [-0.3, -0.25) is 4.79 Å². The maximum absolute atomic E-state index is 11.7. The molecule has 5 nitrogen and oxygen atoms in total. The fourth-order valence-electron chi connectivity index (χ4n) is 1.34. The van der Waals surface area contributed by atoms with Crippen molar-refractivity contribution in [3.8, 4) is 0 Å². The zero-order valence-corrected chi connectivity index (χ0v) is 10.6. The summed E-state index contributed by atoms with van der Waals surface area (Å²) in [6.07, 6.45) is 0. The van der Waals surface area contributed by atoms with Crippen LogP contribution in [0.2, 0.25) is 0 Å². The first kappa shape index (κ1) is 14.2. The molecule has 1 amide bonds. The number of para-hydroxylation sites is 1. The molecular weight excluding hydrogens is 232 g/mol. The zero-order valence-electron chi connectivity index (χ0n) is 10.6. The molecule has 0 radical (unpaired) electrons. The molecule has 1 aromatic carbocycles. The van der Waals surface area contributed by atoms with E-state index in [0.29, 0.717) is 17.9 Å². The van der Waals surface area contributed by atoms with Gasteiger partial charge in [0.05, 0.1) is 17.9 Å². The molecule has 1 atom stereocenters. The van der Waals surface area contributed by atoms with Gasteiger partial charge in [-0.2, -0.15) is 0 Å². The van der Waals surface area contributed by atoms with Gasteiger partial charge in [0.25, 0.3) is 0 Å². The smallest absolute Gasteiger partial charge is 0.340 e. The van der Waals surface area contributed by atoms with Crippen LogP contribution in [0, 0.1) is 5.92 Å². The third-order valence-electron chi connectivity index (χ3n) is 2.48. The summed E-state index contributed by atoms with van der Waals surface area (Å²) < 4.78 is 4.92. The highest BCUT2D eigenvalue weighted by Crippen LogP contribution is 2.17. The minimum absolute atomic E-state index is 0.214. The average Bonchev–Trinajstić information content (AvgIpc) is 2.38.